The second-order valence-electron chi connectivity index (χ2n) is 4.74. The van der Waals surface area contributed by atoms with Gasteiger partial charge in [0.2, 0.25) is 5.91 Å². The molecule has 6 nitrogen and oxygen atoms in total. The molecule has 1 atom stereocenters. The molecule has 1 aromatic rings. The maximum Gasteiger partial charge on any atom is 0.262 e. The molecule has 0 unspecified atom stereocenters. The van der Waals surface area contributed by atoms with Crippen molar-refractivity contribution in [1.29, 1.82) is 0 Å². The van der Waals surface area contributed by atoms with E-state index in [9.17, 15) is 9.59 Å². The molecular weight excluding hydrogens is 258 g/mol. The molecule has 3 N–H and O–H groups in total. The van der Waals surface area contributed by atoms with Crippen molar-refractivity contribution in [2.45, 2.75) is 19.4 Å². The molecule has 0 radical (unpaired) electrons. The number of ether oxygens (including phenoxy) is 1. The summed E-state index contributed by atoms with van der Waals surface area (Å²) >= 11 is 0. The fourth-order valence-corrected chi connectivity index (χ4v) is 2.01. The van der Waals surface area contributed by atoms with Crippen LogP contribution < -0.4 is 20.7 Å². The number of benzene rings is 1. The lowest BCUT2D eigenvalue weighted by Crippen LogP contribution is -2.29. The molecule has 1 heterocycles. The number of anilines is 1. The minimum absolute atomic E-state index is 0.00939. The van der Waals surface area contributed by atoms with Gasteiger partial charge in [-0.2, -0.15) is 0 Å². The van der Waals surface area contributed by atoms with Crippen LogP contribution in [-0.4, -0.2) is 32.0 Å². The third kappa shape index (κ3) is 3.48. The van der Waals surface area contributed by atoms with Gasteiger partial charge in [0.05, 0.1) is 11.7 Å². The summed E-state index contributed by atoms with van der Waals surface area (Å²) < 4.78 is 5.30. The van der Waals surface area contributed by atoms with Gasteiger partial charge in [0, 0.05) is 13.0 Å². The summed E-state index contributed by atoms with van der Waals surface area (Å²) in [6.45, 7) is 2.60. The second kappa shape index (κ2) is 6.38. The molecule has 0 aromatic heterocycles. The minimum atomic E-state index is -0.166. The van der Waals surface area contributed by atoms with Crippen LogP contribution in [-0.2, 0) is 9.59 Å². The first-order valence-corrected chi connectivity index (χ1v) is 6.60. The van der Waals surface area contributed by atoms with Crippen LogP contribution in [0.25, 0.3) is 0 Å². The molecule has 0 bridgehead atoms. The molecule has 0 saturated heterocycles. The third-order valence-corrected chi connectivity index (χ3v) is 3.12. The third-order valence-electron chi connectivity index (χ3n) is 3.12. The van der Waals surface area contributed by atoms with Gasteiger partial charge in [-0.15, -0.1) is 0 Å². The Morgan fingerprint density at radius 3 is 3.05 bits per heavy atom. The SMILES string of the molecule is CNCCC(=O)N[C@H](C)c1ccc2c(c1)NC(=O)CO2. The van der Waals surface area contributed by atoms with Crippen LogP contribution in [0.1, 0.15) is 24.9 Å². The van der Waals surface area contributed by atoms with E-state index in [-0.39, 0.29) is 24.5 Å². The van der Waals surface area contributed by atoms with Crippen molar-refractivity contribution in [3.8, 4) is 5.75 Å². The molecule has 1 aliphatic heterocycles. The monoisotopic (exact) mass is 277 g/mol. The molecule has 2 rings (SSSR count). The van der Waals surface area contributed by atoms with E-state index < -0.39 is 0 Å². The Kier molecular flexibility index (Phi) is 4.57. The Hall–Kier alpha value is -2.08. The molecular formula is C14H19N3O3. The predicted molar refractivity (Wildman–Crippen MR) is 75.7 cm³/mol. The summed E-state index contributed by atoms with van der Waals surface area (Å²) in [5.74, 6) is 0.479. The first-order chi connectivity index (χ1) is 9.60. The van der Waals surface area contributed by atoms with Crippen LogP contribution in [0.15, 0.2) is 18.2 Å². The molecule has 0 aliphatic carbocycles. The van der Waals surface area contributed by atoms with Crippen LogP contribution in [0.4, 0.5) is 5.69 Å². The number of nitrogens with one attached hydrogen (secondary N) is 3. The first-order valence-electron chi connectivity index (χ1n) is 6.60. The molecule has 0 spiro atoms. The molecule has 6 heteroatoms. The zero-order chi connectivity index (χ0) is 14.5. The highest BCUT2D eigenvalue weighted by Gasteiger charge is 2.18. The van der Waals surface area contributed by atoms with E-state index in [1.807, 2.05) is 26.1 Å². The van der Waals surface area contributed by atoms with Gasteiger partial charge >= 0.3 is 0 Å². The Labute approximate surface area is 117 Å². The highest BCUT2D eigenvalue weighted by Crippen LogP contribution is 2.30. The Bertz CT molecular complexity index is 516. The lowest BCUT2D eigenvalue weighted by Gasteiger charge is -2.21. The zero-order valence-electron chi connectivity index (χ0n) is 11.7. The van der Waals surface area contributed by atoms with Crippen LogP contribution in [0.3, 0.4) is 0 Å². The van der Waals surface area contributed by atoms with Gasteiger partial charge in [0.1, 0.15) is 5.75 Å². The number of carbonyl (C=O) groups excluding carboxylic acids is 2. The van der Waals surface area contributed by atoms with Crippen molar-refractivity contribution in [2.24, 2.45) is 0 Å². The molecule has 0 saturated carbocycles. The molecule has 108 valence electrons. The number of fused-ring (bicyclic) bond motifs is 1. The lowest BCUT2D eigenvalue weighted by molar-refractivity contribution is -0.121. The zero-order valence-corrected chi connectivity index (χ0v) is 11.7. The highest BCUT2D eigenvalue weighted by atomic mass is 16.5. The first kappa shape index (κ1) is 14.3. The summed E-state index contributed by atoms with van der Waals surface area (Å²) in [4.78, 5) is 23.0. The van der Waals surface area contributed by atoms with E-state index in [0.29, 0.717) is 24.4 Å². The van der Waals surface area contributed by atoms with Crippen molar-refractivity contribution in [2.75, 3.05) is 25.5 Å². The smallest absolute Gasteiger partial charge is 0.262 e. The maximum atomic E-state index is 11.7. The second-order valence-corrected chi connectivity index (χ2v) is 4.74. The van der Waals surface area contributed by atoms with Crippen LogP contribution in [0.2, 0.25) is 0 Å². The van der Waals surface area contributed by atoms with Crippen LogP contribution in [0, 0.1) is 0 Å². The van der Waals surface area contributed by atoms with E-state index in [1.54, 1.807) is 6.07 Å². The van der Waals surface area contributed by atoms with Gasteiger partial charge in [-0.05, 0) is 31.7 Å². The molecule has 1 aromatic carbocycles. The summed E-state index contributed by atoms with van der Waals surface area (Å²) in [6.07, 6.45) is 0.436. The normalized spacial score (nSPS) is 14.8. The van der Waals surface area contributed by atoms with Gasteiger partial charge in [-0.1, -0.05) is 6.07 Å². The maximum absolute atomic E-state index is 11.7. The summed E-state index contributed by atoms with van der Waals surface area (Å²) in [6, 6.07) is 5.40. The molecule has 2 amide bonds. The van der Waals surface area contributed by atoms with E-state index in [4.69, 9.17) is 4.74 Å². The fraction of sp³-hybridized carbons (Fsp3) is 0.429. The number of amides is 2. The average Bonchev–Trinajstić information content (AvgIpc) is 2.44. The number of rotatable bonds is 5. The fourth-order valence-electron chi connectivity index (χ4n) is 2.01. The van der Waals surface area contributed by atoms with Gasteiger partial charge in [0.15, 0.2) is 6.61 Å². The number of hydrogen-bond donors (Lipinski definition) is 3. The van der Waals surface area contributed by atoms with Crippen molar-refractivity contribution in [1.82, 2.24) is 10.6 Å². The largest absolute Gasteiger partial charge is 0.482 e. The molecule has 0 fully saturated rings. The van der Waals surface area contributed by atoms with E-state index in [2.05, 4.69) is 16.0 Å². The number of hydrogen-bond acceptors (Lipinski definition) is 4. The summed E-state index contributed by atoms with van der Waals surface area (Å²) in [5, 5.41) is 8.61. The summed E-state index contributed by atoms with van der Waals surface area (Å²) in [7, 11) is 1.81. The van der Waals surface area contributed by atoms with Gasteiger partial charge in [0.25, 0.3) is 5.91 Å². The van der Waals surface area contributed by atoms with Crippen molar-refractivity contribution in [3.63, 3.8) is 0 Å². The van der Waals surface area contributed by atoms with Crippen molar-refractivity contribution in [3.05, 3.63) is 23.8 Å². The average molecular weight is 277 g/mol. The lowest BCUT2D eigenvalue weighted by atomic mass is 10.1. The molecule has 20 heavy (non-hydrogen) atoms. The Morgan fingerprint density at radius 1 is 1.50 bits per heavy atom. The number of carbonyl (C=O) groups is 2. The summed E-state index contributed by atoms with van der Waals surface area (Å²) in [5.41, 5.74) is 1.57. The quantitative estimate of drug-likeness (QED) is 0.744. The van der Waals surface area contributed by atoms with Crippen LogP contribution >= 0.6 is 0 Å². The molecule has 1 aliphatic rings. The van der Waals surface area contributed by atoms with Crippen molar-refractivity contribution >= 4 is 17.5 Å². The van der Waals surface area contributed by atoms with Gasteiger partial charge < -0.3 is 20.7 Å². The van der Waals surface area contributed by atoms with Gasteiger partial charge in [-0.25, -0.2) is 0 Å². The topological polar surface area (TPSA) is 79.5 Å². The Balaban J connectivity index is 2.03. The van der Waals surface area contributed by atoms with Crippen molar-refractivity contribution < 1.29 is 14.3 Å². The standard InChI is InChI=1S/C14H19N3O3/c1-9(16-13(18)5-6-15-2)10-3-4-12-11(7-10)17-14(19)8-20-12/h3-4,7,9,15H,5-6,8H2,1-2H3,(H,16,18)(H,17,19)/t9-/m1/s1. The highest BCUT2D eigenvalue weighted by molar-refractivity contribution is 5.95. The Morgan fingerprint density at radius 2 is 2.30 bits per heavy atom. The predicted octanol–water partition coefficient (Wildman–Crippen LogP) is 0.804. The van der Waals surface area contributed by atoms with E-state index >= 15 is 0 Å². The van der Waals surface area contributed by atoms with Gasteiger partial charge in [-0.3, -0.25) is 9.59 Å². The van der Waals surface area contributed by atoms with Crippen LogP contribution in [0.5, 0.6) is 5.75 Å². The minimum Gasteiger partial charge on any atom is -0.482 e. The van der Waals surface area contributed by atoms with E-state index in [1.165, 1.54) is 0 Å². The van der Waals surface area contributed by atoms with E-state index in [0.717, 1.165) is 5.56 Å².